The molecule has 0 aromatic carbocycles. The second-order valence-corrected chi connectivity index (χ2v) is 1.60. The lowest BCUT2D eigenvalue weighted by atomic mass is 10.6. The van der Waals surface area contributed by atoms with Crippen molar-refractivity contribution in [2.45, 2.75) is 0 Å². The van der Waals surface area contributed by atoms with Gasteiger partial charge in [0.05, 0.1) is 13.2 Å². The van der Waals surface area contributed by atoms with Gasteiger partial charge in [0, 0.05) is 13.1 Å². The van der Waals surface area contributed by atoms with Gasteiger partial charge in [-0.25, -0.2) is 4.79 Å². The number of carbonyl (C=O) groups excluding carboxylic acids is 1. The minimum absolute atomic E-state index is 0.139. The molecule has 0 spiro atoms. The van der Waals surface area contributed by atoms with E-state index in [2.05, 4.69) is 16.8 Å². The summed E-state index contributed by atoms with van der Waals surface area (Å²) in [7, 11) is 0. The second kappa shape index (κ2) is 11.9. The van der Waals surface area contributed by atoms with E-state index in [0.717, 1.165) is 0 Å². The summed E-state index contributed by atoms with van der Waals surface area (Å²) < 4.78 is 0. The van der Waals surface area contributed by atoms with E-state index in [1.165, 1.54) is 0 Å². The van der Waals surface area contributed by atoms with Crippen molar-refractivity contribution in [3.63, 3.8) is 0 Å². The molecule has 0 atom stereocenters. The first kappa shape index (κ1) is 12.8. The molecule has 0 aromatic rings. The van der Waals surface area contributed by atoms with E-state index in [1.54, 1.807) is 0 Å². The smallest absolute Gasteiger partial charge is 0.309 e. The van der Waals surface area contributed by atoms with Crippen molar-refractivity contribution in [3.05, 3.63) is 0 Å². The molecule has 0 bridgehead atoms. The van der Waals surface area contributed by atoms with Gasteiger partial charge in [-0.2, -0.15) is 0 Å². The van der Waals surface area contributed by atoms with Crippen LogP contribution in [0.4, 0.5) is 4.79 Å². The fourth-order valence-electron chi connectivity index (χ4n) is 0.283. The summed E-state index contributed by atoms with van der Waals surface area (Å²) in [6.45, 7) is 1.42. The van der Waals surface area contributed by atoms with Crippen LogP contribution in [-0.2, 0) is 0 Å². The molecule has 0 aliphatic rings. The number of urea groups is 1. The van der Waals surface area contributed by atoms with Crippen molar-refractivity contribution in [2.24, 2.45) is 11.5 Å². The zero-order valence-corrected chi connectivity index (χ0v) is 6.29. The van der Waals surface area contributed by atoms with Gasteiger partial charge >= 0.3 is 6.03 Å². The van der Waals surface area contributed by atoms with Crippen LogP contribution < -0.4 is 16.8 Å². The number of hydrogen-bond donors (Lipinski definition) is 5. The summed E-state index contributed by atoms with van der Waals surface area (Å²) in [5.74, 6) is 0. The van der Waals surface area contributed by atoms with Crippen LogP contribution in [0.15, 0.2) is 0 Å². The molecule has 0 radical (unpaired) electrons. The monoisotopic (exact) mass is 165 g/mol. The molecule has 0 aliphatic carbocycles. The molecule has 2 amide bonds. The number of primary amides is 2. The lowest BCUT2D eigenvalue weighted by Crippen LogP contribution is -2.21. The Morgan fingerprint density at radius 1 is 1.18 bits per heavy atom. The highest BCUT2D eigenvalue weighted by Crippen LogP contribution is 1.54. The summed E-state index contributed by atoms with van der Waals surface area (Å²) in [5.41, 5.74) is 8.50. The maximum atomic E-state index is 9.00. The highest BCUT2D eigenvalue weighted by atomic mass is 16.3. The number of nitrogens with one attached hydrogen (secondary N) is 1. The van der Waals surface area contributed by atoms with Crippen molar-refractivity contribution < 1.29 is 15.0 Å². The molecule has 6 heteroatoms. The maximum absolute atomic E-state index is 9.00. The standard InChI is InChI=1S/C4H11NO2.CH4N2O/c6-3-1-5-2-4-7;2-1(3)4/h5-7H,1-4H2;(H4,2,3,4). The third-order valence-corrected chi connectivity index (χ3v) is 0.577. The average Bonchev–Trinajstić information content (AvgIpc) is 1.88. The van der Waals surface area contributed by atoms with Crippen LogP contribution in [0.3, 0.4) is 0 Å². The van der Waals surface area contributed by atoms with Crippen LogP contribution in [0.1, 0.15) is 0 Å². The fourth-order valence-corrected chi connectivity index (χ4v) is 0.283. The van der Waals surface area contributed by atoms with Crippen LogP contribution in [-0.4, -0.2) is 42.5 Å². The molecule has 0 heterocycles. The molecule has 0 aliphatic heterocycles. The van der Waals surface area contributed by atoms with E-state index in [-0.39, 0.29) is 13.2 Å². The number of rotatable bonds is 4. The lowest BCUT2D eigenvalue weighted by Gasteiger charge is -1.94. The zero-order chi connectivity index (χ0) is 9.11. The quantitative estimate of drug-likeness (QED) is 0.298. The van der Waals surface area contributed by atoms with Crippen LogP contribution in [0.25, 0.3) is 0 Å². The molecule has 6 nitrogen and oxygen atoms in total. The zero-order valence-electron chi connectivity index (χ0n) is 6.29. The predicted octanol–water partition coefficient (Wildman–Crippen LogP) is -2.42. The largest absolute Gasteiger partial charge is 0.395 e. The van der Waals surface area contributed by atoms with Gasteiger partial charge in [-0.05, 0) is 0 Å². The molecular formula is C5H15N3O3. The van der Waals surface area contributed by atoms with Crippen molar-refractivity contribution in [1.82, 2.24) is 5.32 Å². The van der Waals surface area contributed by atoms with Gasteiger partial charge in [-0.1, -0.05) is 0 Å². The predicted molar refractivity (Wildman–Crippen MR) is 40.8 cm³/mol. The van der Waals surface area contributed by atoms with Crippen molar-refractivity contribution >= 4 is 6.03 Å². The number of aliphatic hydroxyl groups excluding tert-OH is 2. The van der Waals surface area contributed by atoms with Crippen molar-refractivity contribution in [3.8, 4) is 0 Å². The Morgan fingerprint density at radius 2 is 1.45 bits per heavy atom. The van der Waals surface area contributed by atoms with E-state index in [9.17, 15) is 0 Å². The molecule has 11 heavy (non-hydrogen) atoms. The number of nitrogens with two attached hydrogens (primary N) is 2. The molecular weight excluding hydrogens is 150 g/mol. The Hall–Kier alpha value is -0.850. The van der Waals surface area contributed by atoms with Gasteiger partial charge in [-0.3, -0.25) is 0 Å². The van der Waals surface area contributed by atoms with E-state index in [0.29, 0.717) is 13.1 Å². The third-order valence-electron chi connectivity index (χ3n) is 0.577. The van der Waals surface area contributed by atoms with Gasteiger partial charge in [0.1, 0.15) is 0 Å². The average molecular weight is 165 g/mol. The molecule has 7 N–H and O–H groups in total. The summed E-state index contributed by atoms with van der Waals surface area (Å²) >= 11 is 0. The third kappa shape index (κ3) is 47.1. The molecule has 68 valence electrons. The Balaban J connectivity index is 0. The van der Waals surface area contributed by atoms with Crippen LogP contribution >= 0.6 is 0 Å². The van der Waals surface area contributed by atoms with Gasteiger partial charge in [-0.15, -0.1) is 0 Å². The molecule has 0 rings (SSSR count). The summed E-state index contributed by atoms with van der Waals surface area (Å²) in [6.07, 6.45) is 0. The van der Waals surface area contributed by atoms with Crippen LogP contribution in [0, 0.1) is 0 Å². The van der Waals surface area contributed by atoms with Crippen LogP contribution in [0.5, 0.6) is 0 Å². The Kier molecular flexibility index (Phi) is 13.8. The fraction of sp³-hybridized carbons (Fsp3) is 0.800. The van der Waals surface area contributed by atoms with Crippen molar-refractivity contribution in [2.75, 3.05) is 26.3 Å². The van der Waals surface area contributed by atoms with Gasteiger partial charge < -0.3 is 27.0 Å². The van der Waals surface area contributed by atoms with E-state index in [4.69, 9.17) is 15.0 Å². The molecule has 0 saturated heterocycles. The van der Waals surface area contributed by atoms with Gasteiger partial charge in [0.2, 0.25) is 0 Å². The molecule has 0 aromatic heterocycles. The highest BCUT2D eigenvalue weighted by molar-refractivity contribution is 5.69. The Morgan fingerprint density at radius 3 is 1.64 bits per heavy atom. The van der Waals surface area contributed by atoms with E-state index >= 15 is 0 Å². The summed E-state index contributed by atoms with van der Waals surface area (Å²) in [6, 6.07) is -0.833. The number of aliphatic hydroxyl groups is 2. The maximum Gasteiger partial charge on any atom is 0.309 e. The van der Waals surface area contributed by atoms with Gasteiger partial charge in [0.15, 0.2) is 0 Å². The van der Waals surface area contributed by atoms with Crippen LogP contribution in [0.2, 0.25) is 0 Å². The molecule has 0 saturated carbocycles. The highest BCUT2D eigenvalue weighted by Gasteiger charge is 1.78. The first-order valence-electron chi connectivity index (χ1n) is 3.12. The molecule has 0 fully saturated rings. The first-order valence-corrected chi connectivity index (χ1v) is 3.12. The van der Waals surface area contributed by atoms with Gasteiger partial charge in [0.25, 0.3) is 0 Å². The molecule has 0 unspecified atom stereocenters. The lowest BCUT2D eigenvalue weighted by molar-refractivity contribution is 0.256. The summed E-state index contributed by atoms with van der Waals surface area (Å²) in [5, 5.41) is 19.1. The summed E-state index contributed by atoms with van der Waals surface area (Å²) in [4.78, 5) is 9.00. The normalized spacial score (nSPS) is 8.18. The number of carbonyl (C=O) groups is 1. The Bertz CT molecular complexity index is 81.0. The van der Waals surface area contributed by atoms with E-state index < -0.39 is 6.03 Å². The number of hydrogen-bond acceptors (Lipinski definition) is 4. The SMILES string of the molecule is NC(N)=O.OCCNCCO. The minimum Gasteiger partial charge on any atom is -0.395 e. The van der Waals surface area contributed by atoms with Crippen molar-refractivity contribution in [1.29, 1.82) is 0 Å². The first-order chi connectivity index (χ1) is 5.15. The number of amides is 2. The Labute approximate surface area is 65.2 Å². The minimum atomic E-state index is -0.833. The second-order valence-electron chi connectivity index (χ2n) is 1.60. The topological polar surface area (TPSA) is 122 Å². The van der Waals surface area contributed by atoms with E-state index in [1.807, 2.05) is 0 Å².